The van der Waals surface area contributed by atoms with Crippen molar-refractivity contribution in [2.45, 2.75) is 19.9 Å². The Morgan fingerprint density at radius 3 is 2.15 bits per heavy atom. The third-order valence-electron chi connectivity index (χ3n) is 1.34. The quantitative estimate of drug-likeness (QED) is 0.368. The van der Waals surface area contributed by atoms with Crippen LogP contribution in [0.3, 0.4) is 0 Å². The SMILES string of the molecule is CON=C(C)C(=NOC)C(C)N=O. The third-order valence-corrected chi connectivity index (χ3v) is 1.34. The molecular formula is C7H13N3O3. The van der Waals surface area contributed by atoms with E-state index in [0.29, 0.717) is 11.4 Å². The Bertz CT molecular complexity index is 225. The zero-order chi connectivity index (χ0) is 10.3. The molecule has 0 aliphatic heterocycles. The zero-order valence-corrected chi connectivity index (χ0v) is 8.14. The van der Waals surface area contributed by atoms with Gasteiger partial charge in [-0.05, 0) is 13.8 Å². The molecule has 0 heterocycles. The normalized spacial score (nSPS) is 15.1. The van der Waals surface area contributed by atoms with E-state index in [0.717, 1.165) is 0 Å². The van der Waals surface area contributed by atoms with E-state index in [9.17, 15) is 4.91 Å². The van der Waals surface area contributed by atoms with E-state index in [2.05, 4.69) is 25.2 Å². The standard InChI is InChI=1S/C7H13N3O3/c1-5(8-11)7(10-13-4)6(2)9-12-3/h5H,1-4H3. The van der Waals surface area contributed by atoms with E-state index in [-0.39, 0.29) is 0 Å². The van der Waals surface area contributed by atoms with Crippen LogP contribution in [-0.2, 0) is 9.68 Å². The first-order chi connectivity index (χ1) is 6.17. The van der Waals surface area contributed by atoms with Gasteiger partial charge in [-0.1, -0.05) is 15.5 Å². The Morgan fingerprint density at radius 2 is 1.77 bits per heavy atom. The van der Waals surface area contributed by atoms with Crippen molar-refractivity contribution in [3.63, 3.8) is 0 Å². The van der Waals surface area contributed by atoms with E-state index >= 15 is 0 Å². The number of hydrogen-bond donors (Lipinski definition) is 0. The summed E-state index contributed by atoms with van der Waals surface area (Å²) in [5.74, 6) is 0. The highest BCUT2D eigenvalue weighted by atomic mass is 16.6. The summed E-state index contributed by atoms with van der Waals surface area (Å²) in [6, 6.07) is -0.598. The van der Waals surface area contributed by atoms with Gasteiger partial charge in [0.2, 0.25) is 0 Å². The van der Waals surface area contributed by atoms with Gasteiger partial charge in [-0.3, -0.25) is 0 Å². The van der Waals surface area contributed by atoms with Crippen LogP contribution in [0.5, 0.6) is 0 Å². The molecule has 0 aromatic rings. The average molecular weight is 187 g/mol. The monoisotopic (exact) mass is 187 g/mol. The minimum atomic E-state index is -0.598. The van der Waals surface area contributed by atoms with Gasteiger partial charge in [-0.25, -0.2) is 0 Å². The Kier molecular flexibility index (Phi) is 5.42. The van der Waals surface area contributed by atoms with Gasteiger partial charge in [-0.2, -0.15) is 4.91 Å². The number of rotatable bonds is 5. The predicted molar refractivity (Wildman–Crippen MR) is 49.8 cm³/mol. The molecule has 0 bridgehead atoms. The molecule has 0 aromatic heterocycles. The second kappa shape index (κ2) is 6.10. The molecule has 6 heteroatoms. The molecule has 1 atom stereocenters. The highest BCUT2D eigenvalue weighted by Gasteiger charge is 2.15. The second-order valence-electron chi connectivity index (χ2n) is 2.30. The summed E-state index contributed by atoms with van der Waals surface area (Å²) in [7, 11) is 2.80. The van der Waals surface area contributed by atoms with Crippen LogP contribution in [0.15, 0.2) is 15.5 Å². The fourth-order valence-corrected chi connectivity index (χ4v) is 0.777. The van der Waals surface area contributed by atoms with E-state index in [4.69, 9.17) is 0 Å². The van der Waals surface area contributed by atoms with Crippen molar-refractivity contribution in [3.05, 3.63) is 4.91 Å². The van der Waals surface area contributed by atoms with Gasteiger partial charge in [0.15, 0.2) is 0 Å². The number of nitrogens with zero attached hydrogens (tertiary/aromatic N) is 3. The van der Waals surface area contributed by atoms with Crippen LogP contribution in [0.4, 0.5) is 0 Å². The molecule has 0 saturated carbocycles. The van der Waals surface area contributed by atoms with Crippen molar-refractivity contribution in [1.29, 1.82) is 0 Å². The molecule has 0 N–H and O–H groups in total. The minimum Gasteiger partial charge on any atom is -0.399 e. The van der Waals surface area contributed by atoms with E-state index in [1.807, 2.05) is 0 Å². The Labute approximate surface area is 76.5 Å². The Balaban J connectivity index is 4.70. The molecule has 13 heavy (non-hydrogen) atoms. The van der Waals surface area contributed by atoms with Crippen molar-refractivity contribution >= 4 is 11.4 Å². The Morgan fingerprint density at radius 1 is 1.23 bits per heavy atom. The highest BCUT2D eigenvalue weighted by molar-refractivity contribution is 6.43. The van der Waals surface area contributed by atoms with Crippen molar-refractivity contribution in [2.75, 3.05) is 14.2 Å². The summed E-state index contributed by atoms with van der Waals surface area (Å²) in [6.07, 6.45) is 0. The molecule has 74 valence electrons. The number of nitroso groups, excluding NO2 is 1. The van der Waals surface area contributed by atoms with Crippen LogP contribution < -0.4 is 0 Å². The summed E-state index contributed by atoms with van der Waals surface area (Å²) < 4.78 is 0. The molecule has 0 radical (unpaired) electrons. The lowest BCUT2D eigenvalue weighted by molar-refractivity contribution is 0.209. The van der Waals surface area contributed by atoms with Gasteiger partial charge >= 0.3 is 0 Å². The summed E-state index contributed by atoms with van der Waals surface area (Å²) in [6.45, 7) is 3.25. The second-order valence-corrected chi connectivity index (χ2v) is 2.30. The maximum Gasteiger partial charge on any atom is 0.136 e. The first-order valence-corrected chi connectivity index (χ1v) is 3.69. The van der Waals surface area contributed by atoms with E-state index in [1.165, 1.54) is 14.2 Å². The van der Waals surface area contributed by atoms with Gasteiger partial charge in [-0.15, -0.1) is 0 Å². The fourth-order valence-electron chi connectivity index (χ4n) is 0.777. The summed E-state index contributed by atoms with van der Waals surface area (Å²) >= 11 is 0. The van der Waals surface area contributed by atoms with Gasteiger partial charge in [0.05, 0.1) is 0 Å². The lowest BCUT2D eigenvalue weighted by Gasteiger charge is -2.05. The molecule has 0 saturated heterocycles. The van der Waals surface area contributed by atoms with Crippen molar-refractivity contribution in [1.82, 2.24) is 0 Å². The third kappa shape index (κ3) is 3.64. The number of oxime groups is 2. The van der Waals surface area contributed by atoms with Crippen LogP contribution in [0, 0.1) is 4.91 Å². The maximum atomic E-state index is 10.2. The molecule has 0 aliphatic carbocycles. The molecule has 0 aromatic carbocycles. The van der Waals surface area contributed by atoms with E-state index in [1.54, 1.807) is 13.8 Å². The number of hydrogen-bond acceptors (Lipinski definition) is 6. The van der Waals surface area contributed by atoms with Crippen molar-refractivity contribution < 1.29 is 9.68 Å². The van der Waals surface area contributed by atoms with Gasteiger partial charge < -0.3 is 9.68 Å². The van der Waals surface area contributed by atoms with E-state index < -0.39 is 6.04 Å². The lowest BCUT2D eigenvalue weighted by atomic mass is 10.1. The van der Waals surface area contributed by atoms with Crippen LogP contribution in [0.1, 0.15) is 13.8 Å². The molecule has 0 fully saturated rings. The molecule has 1 unspecified atom stereocenters. The van der Waals surface area contributed by atoms with Crippen molar-refractivity contribution in [2.24, 2.45) is 15.5 Å². The zero-order valence-electron chi connectivity index (χ0n) is 8.14. The smallest absolute Gasteiger partial charge is 0.136 e. The maximum absolute atomic E-state index is 10.2. The lowest BCUT2D eigenvalue weighted by Crippen LogP contribution is -2.23. The molecule has 0 spiro atoms. The first kappa shape index (κ1) is 11.5. The van der Waals surface area contributed by atoms with Crippen LogP contribution in [0.25, 0.3) is 0 Å². The molecule has 6 nitrogen and oxygen atoms in total. The first-order valence-electron chi connectivity index (χ1n) is 3.69. The van der Waals surface area contributed by atoms with Crippen molar-refractivity contribution in [3.8, 4) is 0 Å². The van der Waals surface area contributed by atoms with Crippen LogP contribution in [0.2, 0.25) is 0 Å². The molecule has 0 aliphatic rings. The average Bonchev–Trinajstić information content (AvgIpc) is 2.13. The Hall–Kier alpha value is -1.46. The molecule has 0 amide bonds. The van der Waals surface area contributed by atoms with Crippen LogP contribution in [-0.4, -0.2) is 31.7 Å². The van der Waals surface area contributed by atoms with Gasteiger partial charge in [0.1, 0.15) is 31.7 Å². The summed E-state index contributed by atoms with van der Waals surface area (Å²) in [5.41, 5.74) is 0.829. The molecular weight excluding hydrogens is 174 g/mol. The predicted octanol–water partition coefficient (Wildman–Crippen LogP) is 1.17. The minimum absolute atomic E-state index is 0.361. The largest absolute Gasteiger partial charge is 0.399 e. The van der Waals surface area contributed by atoms with Gasteiger partial charge in [0, 0.05) is 0 Å². The highest BCUT2D eigenvalue weighted by Crippen LogP contribution is 1.98. The topological polar surface area (TPSA) is 72.6 Å². The fraction of sp³-hybridized carbons (Fsp3) is 0.714. The summed E-state index contributed by atoms with van der Waals surface area (Å²) in [4.78, 5) is 19.3. The van der Waals surface area contributed by atoms with Crippen LogP contribution >= 0.6 is 0 Å². The summed E-state index contributed by atoms with van der Waals surface area (Å²) in [5, 5.41) is 10.1. The molecule has 0 rings (SSSR count). The van der Waals surface area contributed by atoms with Gasteiger partial charge in [0.25, 0.3) is 0 Å².